The van der Waals surface area contributed by atoms with Crippen LogP contribution < -0.4 is 10.6 Å². The number of aromatic nitrogens is 3. The molecule has 2 aromatic rings. The smallest absolute Gasteiger partial charge is 0.191 e. The number of nitrogens with one attached hydrogen (secondary N) is 2. The lowest BCUT2D eigenvalue weighted by Crippen LogP contribution is -2.39. The molecule has 25 heavy (non-hydrogen) atoms. The number of benzene rings is 1. The molecule has 136 valence electrons. The van der Waals surface area contributed by atoms with Crippen LogP contribution in [0.2, 0.25) is 0 Å². The van der Waals surface area contributed by atoms with E-state index in [4.69, 9.17) is 0 Å². The van der Waals surface area contributed by atoms with Crippen LogP contribution in [0.5, 0.6) is 0 Å². The molecule has 1 aromatic carbocycles. The maximum Gasteiger partial charge on any atom is 0.191 e. The Morgan fingerprint density at radius 1 is 1.24 bits per heavy atom. The van der Waals surface area contributed by atoms with E-state index < -0.39 is 6.10 Å². The summed E-state index contributed by atoms with van der Waals surface area (Å²) in [7, 11) is 0. The predicted molar refractivity (Wildman–Crippen MR) is 99.5 cm³/mol. The molecule has 0 radical (unpaired) electrons. The fourth-order valence-corrected chi connectivity index (χ4v) is 2.52. The third-order valence-electron chi connectivity index (χ3n) is 3.78. The Kier molecular flexibility index (Phi) is 7.91. The number of hydrogen-bond acceptors (Lipinski definition) is 4. The lowest BCUT2D eigenvalue weighted by Gasteiger charge is -2.14. The summed E-state index contributed by atoms with van der Waals surface area (Å²) < 4.78 is 2.03. The molecule has 7 heteroatoms. The van der Waals surface area contributed by atoms with Gasteiger partial charge in [0.25, 0.3) is 0 Å². The van der Waals surface area contributed by atoms with Gasteiger partial charge in [0, 0.05) is 32.5 Å². The molecular formula is C18H28N6O. The molecule has 0 bridgehead atoms. The van der Waals surface area contributed by atoms with Gasteiger partial charge in [-0.05, 0) is 12.5 Å². The van der Waals surface area contributed by atoms with Crippen molar-refractivity contribution in [2.24, 2.45) is 4.99 Å². The number of rotatable bonds is 9. The zero-order chi connectivity index (χ0) is 17.9. The third kappa shape index (κ3) is 6.54. The van der Waals surface area contributed by atoms with Gasteiger partial charge in [-0.15, -0.1) is 10.2 Å². The van der Waals surface area contributed by atoms with E-state index in [1.807, 2.05) is 41.8 Å². The molecule has 0 saturated heterocycles. The molecule has 0 aliphatic rings. The molecule has 0 aliphatic carbocycles. The Balaban J connectivity index is 1.81. The second kappa shape index (κ2) is 10.5. The highest BCUT2D eigenvalue weighted by atomic mass is 16.3. The minimum Gasteiger partial charge on any atom is -0.391 e. The van der Waals surface area contributed by atoms with E-state index >= 15 is 0 Å². The van der Waals surface area contributed by atoms with E-state index in [1.54, 1.807) is 6.33 Å². The molecule has 7 nitrogen and oxygen atoms in total. The first-order valence-corrected chi connectivity index (χ1v) is 8.83. The Hall–Kier alpha value is -2.41. The van der Waals surface area contributed by atoms with Gasteiger partial charge < -0.3 is 20.3 Å². The Morgan fingerprint density at radius 2 is 2.04 bits per heavy atom. The second-order valence-corrected chi connectivity index (χ2v) is 5.78. The fourth-order valence-electron chi connectivity index (χ4n) is 2.52. The van der Waals surface area contributed by atoms with Gasteiger partial charge in [-0.1, -0.05) is 37.3 Å². The minimum absolute atomic E-state index is 0.358. The highest BCUT2D eigenvalue weighted by molar-refractivity contribution is 5.79. The van der Waals surface area contributed by atoms with Gasteiger partial charge in [0.2, 0.25) is 0 Å². The molecule has 2 rings (SSSR count). The highest BCUT2D eigenvalue weighted by Gasteiger charge is 2.06. The lowest BCUT2D eigenvalue weighted by molar-refractivity contribution is 0.183. The van der Waals surface area contributed by atoms with Crippen molar-refractivity contribution in [1.82, 2.24) is 25.4 Å². The average molecular weight is 344 g/mol. The van der Waals surface area contributed by atoms with E-state index in [0.717, 1.165) is 30.9 Å². The van der Waals surface area contributed by atoms with Crippen molar-refractivity contribution in [2.75, 3.05) is 19.6 Å². The number of guanidine groups is 1. The molecule has 1 aromatic heterocycles. The number of nitrogens with zero attached hydrogens (tertiary/aromatic N) is 4. The standard InChI is InChI=1S/C18H28N6O/c1-3-17-23-22-14-24(17)11-10-20-18(19-4-2)21-13-16(25)12-15-8-6-5-7-9-15/h5-9,14,16,25H,3-4,10-13H2,1-2H3,(H2,19,20,21). The lowest BCUT2D eigenvalue weighted by atomic mass is 10.1. The van der Waals surface area contributed by atoms with Crippen molar-refractivity contribution in [3.05, 3.63) is 48.0 Å². The monoisotopic (exact) mass is 344 g/mol. The van der Waals surface area contributed by atoms with Gasteiger partial charge in [-0.2, -0.15) is 0 Å². The number of aliphatic imine (C=N–C) groups is 1. The van der Waals surface area contributed by atoms with Crippen LogP contribution in [0, 0.1) is 0 Å². The van der Waals surface area contributed by atoms with E-state index in [2.05, 4.69) is 32.7 Å². The minimum atomic E-state index is -0.498. The number of aliphatic hydroxyl groups excluding tert-OH is 1. The first-order chi connectivity index (χ1) is 12.2. The summed E-state index contributed by atoms with van der Waals surface area (Å²) in [5.74, 6) is 1.68. The number of hydrogen-bond donors (Lipinski definition) is 3. The zero-order valence-corrected chi connectivity index (χ0v) is 15.0. The SMILES string of the molecule is CCNC(=NCC(O)Cc1ccccc1)NCCn1cnnc1CC. The van der Waals surface area contributed by atoms with E-state index in [9.17, 15) is 5.11 Å². The van der Waals surface area contributed by atoms with Crippen LogP contribution >= 0.6 is 0 Å². The summed E-state index contributed by atoms with van der Waals surface area (Å²) in [6.45, 7) is 6.70. The van der Waals surface area contributed by atoms with Gasteiger partial charge in [0.1, 0.15) is 12.2 Å². The second-order valence-electron chi connectivity index (χ2n) is 5.78. The van der Waals surface area contributed by atoms with E-state index in [-0.39, 0.29) is 0 Å². The van der Waals surface area contributed by atoms with E-state index in [1.165, 1.54) is 0 Å². The van der Waals surface area contributed by atoms with Crippen LogP contribution in [-0.2, 0) is 19.4 Å². The molecule has 1 unspecified atom stereocenters. The normalized spacial score (nSPS) is 12.8. The molecule has 0 aliphatic heterocycles. The summed E-state index contributed by atoms with van der Waals surface area (Å²) >= 11 is 0. The molecule has 0 amide bonds. The third-order valence-corrected chi connectivity index (χ3v) is 3.78. The first kappa shape index (κ1) is 18.9. The van der Waals surface area contributed by atoms with Crippen molar-refractivity contribution in [1.29, 1.82) is 0 Å². The molecule has 0 fully saturated rings. The van der Waals surface area contributed by atoms with Crippen molar-refractivity contribution in [2.45, 2.75) is 39.3 Å². The number of aryl methyl sites for hydroxylation is 1. The average Bonchev–Trinajstić information content (AvgIpc) is 3.08. The molecule has 1 atom stereocenters. The van der Waals surface area contributed by atoms with Crippen molar-refractivity contribution in [3.63, 3.8) is 0 Å². The summed E-state index contributed by atoms with van der Waals surface area (Å²) in [4.78, 5) is 4.47. The molecule has 1 heterocycles. The quantitative estimate of drug-likeness (QED) is 0.467. The number of aliphatic hydroxyl groups is 1. The first-order valence-electron chi connectivity index (χ1n) is 8.83. The Labute approximate surface area is 149 Å². The maximum absolute atomic E-state index is 10.2. The molecule has 0 spiro atoms. The summed E-state index contributed by atoms with van der Waals surface area (Å²) in [6.07, 6.45) is 2.71. The van der Waals surface area contributed by atoms with Crippen LogP contribution in [0.15, 0.2) is 41.7 Å². The Morgan fingerprint density at radius 3 is 2.76 bits per heavy atom. The largest absolute Gasteiger partial charge is 0.391 e. The molecule has 0 saturated carbocycles. The Bertz CT molecular complexity index is 640. The predicted octanol–water partition coefficient (Wildman–Crippen LogP) is 0.999. The highest BCUT2D eigenvalue weighted by Crippen LogP contribution is 2.03. The molecular weight excluding hydrogens is 316 g/mol. The van der Waals surface area contributed by atoms with Crippen LogP contribution in [0.3, 0.4) is 0 Å². The van der Waals surface area contributed by atoms with Crippen LogP contribution in [0.25, 0.3) is 0 Å². The van der Waals surface area contributed by atoms with Gasteiger partial charge in [0.05, 0.1) is 12.6 Å². The van der Waals surface area contributed by atoms with Crippen LogP contribution in [-0.4, -0.2) is 51.6 Å². The van der Waals surface area contributed by atoms with E-state index in [0.29, 0.717) is 25.5 Å². The van der Waals surface area contributed by atoms with Crippen molar-refractivity contribution < 1.29 is 5.11 Å². The summed E-state index contributed by atoms with van der Waals surface area (Å²) in [6, 6.07) is 9.96. The van der Waals surface area contributed by atoms with Crippen LogP contribution in [0.4, 0.5) is 0 Å². The van der Waals surface area contributed by atoms with Crippen molar-refractivity contribution >= 4 is 5.96 Å². The topological polar surface area (TPSA) is 87.4 Å². The fraction of sp³-hybridized carbons (Fsp3) is 0.500. The van der Waals surface area contributed by atoms with Crippen LogP contribution in [0.1, 0.15) is 25.2 Å². The van der Waals surface area contributed by atoms with Crippen molar-refractivity contribution in [3.8, 4) is 0 Å². The summed E-state index contributed by atoms with van der Waals surface area (Å²) in [5.41, 5.74) is 1.11. The van der Waals surface area contributed by atoms with Gasteiger partial charge in [-0.3, -0.25) is 4.99 Å². The van der Waals surface area contributed by atoms with Gasteiger partial charge in [0.15, 0.2) is 5.96 Å². The zero-order valence-electron chi connectivity index (χ0n) is 15.0. The molecule has 3 N–H and O–H groups in total. The maximum atomic E-state index is 10.2. The van der Waals surface area contributed by atoms with Gasteiger partial charge >= 0.3 is 0 Å². The summed E-state index contributed by atoms with van der Waals surface area (Å²) in [5, 5.41) is 24.7. The van der Waals surface area contributed by atoms with Gasteiger partial charge in [-0.25, -0.2) is 0 Å².